The Bertz CT molecular complexity index is 84.5. The van der Waals surface area contributed by atoms with Crippen LogP contribution in [-0.2, 0) is 8.85 Å². The first kappa shape index (κ1) is 11.4. The lowest BCUT2D eigenvalue weighted by Crippen LogP contribution is -2.25. The Kier molecular flexibility index (Phi) is 7.37. The fourth-order valence-corrected chi connectivity index (χ4v) is 2.90. The standard InChI is InChI=1S/C7H17ClO2Si/c1-4-9-11(10-5-2)6-7(3)8/h7,11H,4-6H2,1-3H3. The second kappa shape index (κ2) is 7.10. The minimum atomic E-state index is -1.42. The summed E-state index contributed by atoms with van der Waals surface area (Å²) in [5, 5.41) is 0.171. The van der Waals surface area contributed by atoms with Crippen LogP contribution in [0.5, 0.6) is 0 Å². The van der Waals surface area contributed by atoms with Crippen molar-refractivity contribution in [2.75, 3.05) is 13.2 Å². The molecule has 1 unspecified atom stereocenters. The molecule has 0 bridgehead atoms. The Morgan fingerprint density at radius 3 is 2.00 bits per heavy atom. The van der Waals surface area contributed by atoms with Crippen LogP contribution in [0.4, 0.5) is 0 Å². The van der Waals surface area contributed by atoms with Crippen molar-refractivity contribution in [1.82, 2.24) is 0 Å². The Labute approximate surface area is 75.7 Å². The summed E-state index contributed by atoms with van der Waals surface area (Å²) in [6, 6.07) is 0.892. The third-order valence-corrected chi connectivity index (χ3v) is 4.20. The van der Waals surface area contributed by atoms with E-state index < -0.39 is 9.28 Å². The zero-order chi connectivity index (χ0) is 8.69. The highest BCUT2D eigenvalue weighted by atomic mass is 35.5. The molecular weight excluding hydrogens is 180 g/mol. The molecule has 2 nitrogen and oxygen atoms in total. The number of hydrogen-bond donors (Lipinski definition) is 0. The van der Waals surface area contributed by atoms with Gasteiger partial charge in [-0.15, -0.1) is 11.6 Å². The maximum atomic E-state index is 5.82. The van der Waals surface area contributed by atoms with Crippen molar-refractivity contribution in [2.24, 2.45) is 0 Å². The van der Waals surface area contributed by atoms with Gasteiger partial charge >= 0.3 is 9.28 Å². The minimum absolute atomic E-state index is 0.171. The largest absolute Gasteiger partial charge is 0.397 e. The molecule has 0 radical (unpaired) electrons. The van der Waals surface area contributed by atoms with Crippen molar-refractivity contribution in [3.05, 3.63) is 0 Å². The Balaban J connectivity index is 3.50. The van der Waals surface area contributed by atoms with Gasteiger partial charge in [-0.2, -0.15) is 0 Å². The molecule has 11 heavy (non-hydrogen) atoms. The van der Waals surface area contributed by atoms with Gasteiger partial charge in [0.25, 0.3) is 0 Å². The van der Waals surface area contributed by atoms with E-state index in [-0.39, 0.29) is 5.38 Å². The van der Waals surface area contributed by atoms with Crippen LogP contribution in [0.2, 0.25) is 6.04 Å². The van der Waals surface area contributed by atoms with Crippen LogP contribution in [0.25, 0.3) is 0 Å². The highest BCUT2D eigenvalue weighted by molar-refractivity contribution is 6.46. The van der Waals surface area contributed by atoms with Gasteiger partial charge in [0, 0.05) is 24.6 Å². The van der Waals surface area contributed by atoms with Crippen LogP contribution < -0.4 is 0 Å². The van der Waals surface area contributed by atoms with E-state index >= 15 is 0 Å². The van der Waals surface area contributed by atoms with Crippen LogP contribution in [0.3, 0.4) is 0 Å². The van der Waals surface area contributed by atoms with Crippen LogP contribution in [0, 0.1) is 0 Å². The summed E-state index contributed by atoms with van der Waals surface area (Å²) in [5.74, 6) is 0. The van der Waals surface area contributed by atoms with Crippen LogP contribution >= 0.6 is 11.6 Å². The van der Waals surface area contributed by atoms with Crippen molar-refractivity contribution in [2.45, 2.75) is 32.2 Å². The molecule has 0 N–H and O–H groups in total. The topological polar surface area (TPSA) is 18.5 Å². The number of hydrogen-bond acceptors (Lipinski definition) is 2. The first-order valence-electron chi connectivity index (χ1n) is 4.08. The summed E-state index contributed by atoms with van der Waals surface area (Å²) in [4.78, 5) is 0. The van der Waals surface area contributed by atoms with E-state index in [0.29, 0.717) is 0 Å². The summed E-state index contributed by atoms with van der Waals surface area (Å²) < 4.78 is 10.9. The zero-order valence-corrected chi connectivity index (χ0v) is 9.38. The van der Waals surface area contributed by atoms with Crippen molar-refractivity contribution in [3.8, 4) is 0 Å². The maximum absolute atomic E-state index is 5.82. The van der Waals surface area contributed by atoms with Crippen LogP contribution in [0.15, 0.2) is 0 Å². The smallest absolute Gasteiger partial charge is 0.322 e. The highest BCUT2D eigenvalue weighted by Gasteiger charge is 2.14. The summed E-state index contributed by atoms with van der Waals surface area (Å²) in [7, 11) is -1.42. The van der Waals surface area contributed by atoms with E-state index in [1.807, 2.05) is 20.8 Å². The summed E-state index contributed by atoms with van der Waals surface area (Å²) in [6.45, 7) is 7.41. The molecule has 0 aliphatic rings. The molecule has 0 fully saturated rings. The van der Waals surface area contributed by atoms with Gasteiger partial charge in [0.05, 0.1) is 0 Å². The Morgan fingerprint density at radius 1 is 1.27 bits per heavy atom. The molecule has 0 aromatic heterocycles. The molecule has 0 aromatic carbocycles. The first-order valence-corrected chi connectivity index (χ1v) is 6.27. The van der Waals surface area contributed by atoms with Crippen LogP contribution in [-0.4, -0.2) is 27.9 Å². The first-order chi connectivity index (χ1) is 5.20. The second-order valence-electron chi connectivity index (χ2n) is 2.36. The highest BCUT2D eigenvalue weighted by Crippen LogP contribution is 2.07. The predicted molar refractivity (Wildman–Crippen MR) is 50.5 cm³/mol. The molecule has 0 rings (SSSR count). The molecule has 0 aliphatic carbocycles. The van der Waals surface area contributed by atoms with E-state index in [9.17, 15) is 0 Å². The lowest BCUT2D eigenvalue weighted by molar-refractivity contribution is 0.213. The molecule has 0 spiro atoms. The van der Waals surface area contributed by atoms with Crippen molar-refractivity contribution < 1.29 is 8.85 Å². The number of rotatable bonds is 6. The fraction of sp³-hybridized carbons (Fsp3) is 1.00. The third kappa shape index (κ3) is 6.81. The molecule has 0 heterocycles. The molecule has 0 saturated heterocycles. The van der Waals surface area contributed by atoms with Gasteiger partial charge in [0.1, 0.15) is 0 Å². The monoisotopic (exact) mass is 196 g/mol. The molecule has 0 amide bonds. The number of halogens is 1. The average Bonchev–Trinajstić information content (AvgIpc) is 1.87. The maximum Gasteiger partial charge on any atom is 0.322 e. The molecule has 0 aromatic rings. The van der Waals surface area contributed by atoms with Gasteiger partial charge < -0.3 is 8.85 Å². The van der Waals surface area contributed by atoms with E-state index in [1.165, 1.54) is 0 Å². The summed E-state index contributed by atoms with van der Waals surface area (Å²) >= 11 is 5.82. The Morgan fingerprint density at radius 2 is 1.73 bits per heavy atom. The summed E-state index contributed by atoms with van der Waals surface area (Å²) in [5.41, 5.74) is 0. The van der Waals surface area contributed by atoms with Gasteiger partial charge in [-0.3, -0.25) is 0 Å². The fourth-order valence-electron chi connectivity index (χ4n) is 0.821. The van der Waals surface area contributed by atoms with Gasteiger partial charge in [-0.25, -0.2) is 0 Å². The molecule has 0 aliphatic heterocycles. The van der Waals surface area contributed by atoms with Gasteiger partial charge in [-0.1, -0.05) is 0 Å². The van der Waals surface area contributed by atoms with Gasteiger partial charge in [0.15, 0.2) is 0 Å². The Hall–Kier alpha value is 0.427. The molecule has 4 heteroatoms. The van der Waals surface area contributed by atoms with E-state index in [2.05, 4.69) is 0 Å². The second-order valence-corrected chi connectivity index (χ2v) is 5.10. The minimum Gasteiger partial charge on any atom is -0.397 e. The van der Waals surface area contributed by atoms with Crippen LogP contribution in [0.1, 0.15) is 20.8 Å². The van der Waals surface area contributed by atoms with Crippen molar-refractivity contribution in [3.63, 3.8) is 0 Å². The molecule has 1 atom stereocenters. The zero-order valence-electron chi connectivity index (χ0n) is 7.47. The quantitative estimate of drug-likeness (QED) is 0.478. The number of alkyl halides is 1. The normalized spacial score (nSPS) is 13.9. The van der Waals surface area contributed by atoms with Crippen molar-refractivity contribution >= 4 is 20.9 Å². The van der Waals surface area contributed by atoms with E-state index in [4.69, 9.17) is 20.5 Å². The van der Waals surface area contributed by atoms with Crippen molar-refractivity contribution in [1.29, 1.82) is 0 Å². The predicted octanol–water partition coefficient (Wildman–Crippen LogP) is 1.91. The molecule has 68 valence electrons. The third-order valence-electron chi connectivity index (χ3n) is 1.22. The van der Waals surface area contributed by atoms with E-state index in [1.54, 1.807) is 0 Å². The van der Waals surface area contributed by atoms with Gasteiger partial charge in [-0.05, 0) is 20.8 Å². The lowest BCUT2D eigenvalue weighted by Gasteiger charge is -2.15. The lowest BCUT2D eigenvalue weighted by atomic mass is 10.6. The average molecular weight is 197 g/mol. The molecular formula is C7H17ClO2Si. The SMILES string of the molecule is CCO[SiH](CC(C)Cl)OCC. The summed E-state index contributed by atoms with van der Waals surface area (Å²) in [6.07, 6.45) is 0. The molecule has 0 saturated carbocycles. The van der Waals surface area contributed by atoms with Gasteiger partial charge in [0.2, 0.25) is 0 Å². The van der Waals surface area contributed by atoms with E-state index in [0.717, 1.165) is 19.3 Å².